The Hall–Kier alpha value is -1.94. The number of aliphatic hydroxyl groups excluding tert-OH is 1. The molecular weight excluding hydrogens is 1210 g/mol. The van der Waals surface area contributed by atoms with Gasteiger partial charge in [0.2, 0.25) is 0 Å². The minimum Gasteiger partial charge on any atom is -0.462 e. The van der Waals surface area contributed by atoms with Crippen molar-refractivity contribution in [2.24, 2.45) is 5.92 Å². The molecule has 0 amide bonds. The molecule has 0 aromatic heterocycles. The molecule has 0 saturated carbocycles. The monoisotopic (exact) mass is 1350 g/mol. The molecule has 0 fully saturated rings. The fourth-order valence-electron chi connectivity index (χ4n) is 11.1. The predicted molar refractivity (Wildman–Crippen MR) is 372 cm³/mol. The molecule has 0 aliphatic rings. The number of ether oxygens (including phenoxy) is 4. The number of hydrogen-bond donors (Lipinski definition) is 3. The lowest BCUT2D eigenvalue weighted by molar-refractivity contribution is -0.161. The first-order valence-electron chi connectivity index (χ1n) is 38.2. The summed E-state index contributed by atoms with van der Waals surface area (Å²) in [6.07, 6.45) is 54.4. The molecule has 17 nitrogen and oxygen atoms in total. The average Bonchev–Trinajstić information content (AvgIpc) is 2.66. The molecule has 0 rings (SSSR count). The van der Waals surface area contributed by atoms with E-state index in [0.29, 0.717) is 25.7 Å². The molecule has 0 radical (unpaired) electrons. The lowest BCUT2D eigenvalue weighted by Crippen LogP contribution is -2.30. The number of carbonyl (C=O) groups excluding carboxylic acids is 4. The molecule has 19 heteroatoms. The van der Waals surface area contributed by atoms with Gasteiger partial charge in [-0.05, 0) is 31.6 Å². The number of phosphoric acid groups is 2. The summed E-state index contributed by atoms with van der Waals surface area (Å²) in [7, 11) is -9.89. The molecular formula is C73H142O17P2. The van der Waals surface area contributed by atoms with Crippen LogP contribution in [0.15, 0.2) is 0 Å². The molecule has 0 aromatic carbocycles. The van der Waals surface area contributed by atoms with Gasteiger partial charge in [0, 0.05) is 25.7 Å². The molecule has 6 atom stereocenters. The van der Waals surface area contributed by atoms with Gasteiger partial charge in [0.05, 0.1) is 26.4 Å². The Morgan fingerprint density at radius 3 is 0.772 bits per heavy atom. The third kappa shape index (κ3) is 65.4. The summed E-state index contributed by atoms with van der Waals surface area (Å²) >= 11 is 0. The topological polar surface area (TPSA) is 237 Å². The Labute approximate surface area is 562 Å². The number of aliphatic hydroxyl groups is 1. The van der Waals surface area contributed by atoms with E-state index in [4.69, 9.17) is 37.0 Å². The van der Waals surface area contributed by atoms with Crippen LogP contribution < -0.4 is 0 Å². The average molecular weight is 1350 g/mol. The highest BCUT2D eigenvalue weighted by molar-refractivity contribution is 7.47. The number of unbranched alkanes of at least 4 members (excludes halogenated alkanes) is 44. The van der Waals surface area contributed by atoms with E-state index < -0.39 is 97.5 Å². The molecule has 0 aromatic rings. The van der Waals surface area contributed by atoms with Crippen molar-refractivity contribution in [2.45, 2.75) is 400 Å². The summed E-state index contributed by atoms with van der Waals surface area (Å²) in [5.74, 6) is -1.25. The largest absolute Gasteiger partial charge is 0.472 e. The third-order valence-corrected chi connectivity index (χ3v) is 19.3. The summed E-state index contributed by atoms with van der Waals surface area (Å²) in [6.45, 7) is 7.26. The smallest absolute Gasteiger partial charge is 0.462 e. The lowest BCUT2D eigenvalue weighted by atomic mass is 9.99. The van der Waals surface area contributed by atoms with Gasteiger partial charge in [0.15, 0.2) is 12.2 Å². The minimum atomic E-state index is -4.95. The van der Waals surface area contributed by atoms with Crippen molar-refractivity contribution >= 4 is 39.5 Å². The fourth-order valence-corrected chi connectivity index (χ4v) is 12.7. The van der Waals surface area contributed by atoms with E-state index in [2.05, 4.69) is 34.6 Å². The Morgan fingerprint density at radius 1 is 0.304 bits per heavy atom. The van der Waals surface area contributed by atoms with Crippen LogP contribution >= 0.6 is 15.6 Å². The van der Waals surface area contributed by atoms with E-state index in [-0.39, 0.29) is 25.7 Å². The Balaban J connectivity index is 5.12. The standard InChI is InChI=1S/C73H142O17P2/c1-6-10-13-16-19-21-22-23-28-32-35-38-43-47-52-57-71(76)84-63-69(90-73(78)59-54-49-44-39-36-33-30-27-25-24-26-29-31-34-37-41-45-50-55-66(5)9-4)65-88-92(81,82)86-61-67(74)60-85-91(79,80)87-64-68(62-83-70(75)56-51-46-40-18-15-12-8-3)89-72(77)58-53-48-42-20-17-14-11-7-2/h66-69,74H,6-65H2,1-5H3,(H,79,80)(H,81,82)/t66?,67-,68+,69+/m0/s1. The normalized spacial score (nSPS) is 14.3. The van der Waals surface area contributed by atoms with E-state index in [9.17, 15) is 43.2 Å². The first-order valence-corrected chi connectivity index (χ1v) is 41.2. The second-order valence-electron chi connectivity index (χ2n) is 26.6. The highest BCUT2D eigenvalue weighted by Gasteiger charge is 2.30. The van der Waals surface area contributed by atoms with Crippen LogP contribution in [0.4, 0.5) is 0 Å². The van der Waals surface area contributed by atoms with Gasteiger partial charge < -0.3 is 33.8 Å². The van der Waals surface area contributed by atoms with Crippen molar-refractivity contribution in [3.63, 3.8) is 0 Å². The lowest BCUT2D eigenvalue weighted by Gasteiger charge is -2.21. The SMILES string of the molecule is CCCCCCCCCCCCCCCCCC(=O)OC[C@H](COP(=O)(O)OC[C@@H](O)COP(=O)(O)OC[C@@H](COC(=O)CCCCCCCCC)OC(=O)CCCCCCCCCC)OC(=O)CCCCCCCCCCCCCCCCCCCCC(C)CC. The van der Waals surface area contributed by atoms with E-state index in [1.54, 1.807) is 0 Å². The van der Waals surface area contributed by atoms with E-state index in [1.807, 2.05) is 0 Å². The minimum absolute atomic E-state index is 0.105. The molecule has 0 bridgehead atoms. The van der Waals surface area contributed by atoms with Crippen LogP contribution in [0.1, 0.15) is 381 Å². The van der Waals surface area contributed by atoms with Gasteiger partial charge in [-0.2, -0.15) is 0 Å². The van der Waals surface area contributed by atoms with Gasteiger partial charge in [-0.25, -0.2) is 9.13 Å². The second kappa shape index (κ2) is 66.3. The first kappa shape index (κ1) is 90.1. The zero-order valence-electron chi connectivity index (χ0n) is 59.7. The van der Waals surface area contributed by atoms with Crippen LogP contribution in [0.3, 0.4) is 0 Å². The molecule has 546 valence electrons. The van der Waals surface area contributed by atoms with Crippen LogP contribution in [0.5, 0.6) is 0 Å². The van der Waals surface area contributed by atoms with Gasteiger partial charge in [-0.1, -0.05) is 330 Å². The van der Waals surface area contributed by atoms with Gasteiger partial charge >= 0.3 is 39.5 Å². The third-order valence-electron chi connectivity index (χ3n) is 17.4. The second-order valence-corrected chi connectivity index (χ2v) is 29.5. The summed E-state index contributed by atoms with van der Waals surface area (Å²) in [6, 6.07) is 0. The van der Waals surface area contributed by atoms with Crippen molar-refractivity contribution in [1.29, 1.82) is 0 Å². The first-order chi connectivity index (χ1) is 44.6. The summed E-state index contributed by atoms with van der Waals surface area (Å²) in [4.78, 5) is 72.4. The van der Waals surface area contributed by atoms with Crippen LogP contribution in [-0.4, -0.2) is 96.7 Å². The number of phosphoric ester groups is 2. The van der Waals surface area contributed by atoms with Crippen molar-refractivity contribution < 1.29 is 80.2 Å². The summed E-state index contributed by atoms with van der Waals surface area (Å²) in [5, 5.41) is 10.6. The van der Waals surface area contributed by atoms with Crippen LogP contribution in [0.2, 0.25) is 0 Å². The molecule has 3 unspecified atom stereocenters. The molecule has 0 spiro atoms. The molecule has 92 heavy (non-hydrogen) atoms. The maximum Gasteiger partial charge on any atom is 0.472 e. The zero-order valence-corrected chi connectivity index (χ0v) is 61.5. The molecule has 0 aliphatic heterocycles. The Morgan fingerprint density at radius 2 is 0.522 bits per heavy atom. The van der Waals surface area contributed by atoms with Crippen LogP contribution in [-0.2, 0) is 65.4 Å². The molecule has 0 saturated heterocycles. The van der Waals surface area contributed by atoms with Gasteiger partial charge in [-0.3, -0.25) is 37.3 Å². The number of hydrogen-bond acceptors (Lipinski definition) is 15. The molecule has 0 aliphatic carbocycles. The van der Waals surface area contributed by atoms with Crippen molar-refractivity contribution in [3.05, 3.63) is 0 Å². The summed E-state index contributed by atoms with van der Waals surface area (Å²) < 4.78 is 68.2. The van der Waals surface area contributed by atoms with E-state index in [1.165, 1.54) is 186 Å². The number of carbonyl (C=O) groups is 4. The fraction of sp³-hybridized carbons (Fsp3) is 0.945. The van der Waals surface area contributed by atoms with Gasteiger partial charge in [-0.15, -0.1) is 0 Å². The highest BCUT2D eigenvalue weighted by atomic mass is 31.2. The van der Waals surface area contributed by atoms with E-state index in [0.717, 1.165) is 115 Å². The van der Waals surface area contributed by atoms with Gasteiger partial charge in [0.1, 0.15) is 19.3 Å². The quantitative estimate of drug-likeness (QED) is 0.0222. The molecule has 3 N–H and O–H groups in total. The maximum atomic E-state index is 13.1. The summed E-state index contributed by atoms with van der Waals surface area (Å²) in [5.41, 5.74) is 0. The zero-order chi connectivity index (χ0) is 67.7. The van der Waals surface area contributed by atoms with Gasteiger partial charge in [0.25, 0.3) is 0 Å². The maximum absolute atomic E-state index is 13.1. The van der Waals surface area contributed by atoms with Crippen LogP contribution in [0.25, 0.3) is 0 Å². The Kier molecular flexibility index (Phi) is 64.9. The van der Waals surface area contributed by atoms with Crippen molar-refractivity contribution in [1.82, 2.24) is 0 Å². The van der Waals surface area contributed by atoms with Crippen molar-refractivity contribution in [3.8, 4) is 0 Å². The van der Waals surface area contributed by atoms with E-state index >= 15 is 0 Å². The Bertz CT molecular complexity index is 1770. The highest BCUT2D eigenvalue weighted by Crippen LogP contribution is 2.45. The molecule has 0 heterocycles. The predicted octanol–water partition coefficient (Wildman–Crippen LogP) is 21.3. The number of rotatable bonds is 73. The van der Waals surface area contributed by atoms with Crippen molar-refractivity contribution in [2.75, 3.05) is 39.6 Å². The van der Waals surface area contributed by atoms with Crippen LogP contribution in [0, 0.1) is 5.92 Å². The number of esters is 4.